The normalized spacial score (nSPS) is 10.0. The van der Waals surface area contributed by atoms with Crippen LogP contribution in [0.25, 0.3) is 0 Å². The molecule has 0 aliphatic rings. The number of carboxylic acids is 1. The molecule has 8 nitrogen and oxygen atoms in total. The monoisotopic (exact) mass is 298 g/mol. The molecule has 2 amide bonds. The summed E-state index contributed by atoms with van der Waals surface area (Å²) in [6, 6.07) is 0.876. The Morgan fingerprint density at radius 1 is 1.33 bits per heavy atom. The zero-order valence-electron chi connectivity index (χ0n) is 11.9. The number of urea groups is 1. The molecule has 0 atom stereocenters. The zero-order chi connectivity index (χ0) is 15.8. The number of hydrogen-bond acceptors (Lipinski definition) is 5. The number of carbonyl (C=O) groups is 3. The summed E-state index contributed by atoms with van der Waals surface area (Å²) in [4.78, 5) is 33.3. The smallest absolute Gasteiger partial charge is 0.339 e. The molecular formula is C13H18N2O6. The standard InChI is InChI=1S/C13H18N2O6/c1-3-20-11(16)4-5-14-13(19)15-7-9-6-10(12(17)18)8(2)21-9/h6H,3-5,7H2,1-2H3,(H,17,18)(H2,14,15,19). The van der Waals surface area contributed by atoms with Crippen LogP contribution in [0.4, 0.5) is 4.79 Å². The van der Waals surface area contributed by atoms with Crippen LogP contribution in [0.5, 0.6) is 0 Å². The van der Waals surface area contributed by atoms with Gasteiger partial charge >= 0.3 is 18.0 Å². The van der Waals surface area contributed by atoms with E-state index in [4.69, 9.17) is 14.3 Å². The first kappa shape index (κ1) is 16.5. The highest BCUT2D eigenvalue weighted by atomic mass is 16.5. The molecule has 0 spiro atoms. The number of esters is 1. The molecule has 0 aliphatic heterocycles. The van der Waals surface area contributed by atoms with Crippen LogP contribution in [0.3, 0.4) is 0 Å². The lowest BCUT2D eigenvalue weighted by Crippen LogP contribution is -2.36. The molecular weight excluding hydrogens is 280 g/mol. The molecule has 1 aromatic heterocycles. The molecule has 0 aromatic carbocycles. The van der Waals surface area contributed by atoms with Crippen molar-refractivity contribution in [2.45, 2.75) is 26.8 Å². The average Bonchev–Trinajstić information content (AvgIpc) is 2.78. The fourth-order valence-electron chi connectivity index (χ4n) is 1.58. The van der Waals surface area contributed by atoms with Crippen LogP contribution in [0, 0.1) is 6.92 Å². The van der Waals surface area contributed by atoms with Crippen molar-refractivity contribution in [3.8, 4) is 0 Å². The Labute approximate surface area is 121 Å². The van der Waals surface area contributed by atoms with Crippen LogP contribution in [-0.4, -0.2) is 36.2 Å². The highest BCUT2D eigenvalue weighted by Crippen LogP contribution is 2.14. The second-order valence-electron chi connectivity index (χ2n) is 4.15. The molecule has 0 saturated heterocycles. The molecule has 116 valence electrons. The number of aromatic carboxylic acids is 1. The van der Waals surface area contributed by atoms with Gasteiger partial charge in [-0.2, -0.15) is 0 Å². The van der Waals surface area contributed by atoms with Crippen molar-refractivity contribution < 1.29 is 28.6 Å². The second kappa shape index (κ2) is 7.93. The van der Waals surface area contributed by atoms with E-state index < -0.39 is 12.0 Å². The fraction of sp³-hybridized carbons (Fsp3) is 0.462. The van der Waals surface area contributed by atoms with E-state index in [2.05, 4.69) is 10.6 Å². The number of furan rings is 1. The second-order valence-corrected chi connectivity index (χ2v) is 4.15. The van der Waals surface area contributed by atoms with Gasteiger partial charge in [0.2, 0.25) is 0 Å². The van der Waals surface area contributed by atoms with Gasteiger partial charge in [-0.15, -0.1) is 0 Å². The molecule has 3 N–H and O–H groups in total. The van der Waals surface area contributed by atoms with Crippen LogP contribution < -0.4 is 10.6 Å². The molecule has 0 fully saturated rings. The molecule has 1 aromatic rings. The van der Waals surface area contributed by atoms with E-state index in [1.165, 1.54) is 13.0 Å². The summed E-state index contributed by atoms with van der Waals surface area (Å²) in [5.41, 5.74) is 0.0644. The Bertz CT molecular complexity index is 523. The minimum atomic E-state index is -1.08. The Hall–Kier alpha value is -2.51. The van der Waals surface area contributed by atoms with Crippen molar-refractivity contribution in [3.63, 3.8) is 0 Å². The average molecular weight is 298 g/mol. The van der Waals surface area contributed by atoms with Gasteiger partial charge in [-0.3, -0.25) is 4.79 Å². The van der Waals surface area contributed by atoms with Crippen molar-refractivity contribution >= 4 is 18.0 Å². The van der Waals surface area contributed by atoms with E-state index >= 15 is 0 Å². The van der Waals surface area contributed by atoms with Gasteiger partial charge in [-0.1, -0.05) is 0 Å². The summed E-state index contributed by atoms with van der Waals surface area (Å²) >= 11 is 0. The van der Waals surface area contributed by atoms with E-state index in [1.54, 1.807) is 6.92 Å². The fourth-order valence-corrected chi connectivity index (χ4v) is 1.58. The van der Waals surface area contributed by atoms with Crippen molar-refractivity contribution in [2.75, 3.05) is 13.2 Å². The Kier molecular flexibility index (Phi) is 6.25. The van der Waals surface area contributed by atoms with E-state index in [0.29, 0.717) is 12.4 Å². The van der Waals surface area contributed by atoms with Crippen LogP contribution in [0.2, 0.25) is 0 Å². The van der Waals surface area contributed by atoms with Crippen LogP contribution in [0.1, 0.15) is 35.2 Å². The van der Waals surface area contributed by atoms with E-state index in [1.807, 2.05) is 0 Å². The number of rotatable bonds is 7. The van der Waals surface area contributed by atoms with Crippen molar-refractivity contribution in [1.82, 2.24) is 10.6 Å². The number of amides is 2. The molecule has 0 bridgehead atoms. The van der Waals surface area contributed by atoms with Gasteiger partial charge in [0.1, 0.15) is 17.1 Å². The van der Waals surface area contributed by atoms with Crippen molar-refractivity contribution in [1.29, 1.82) is 0 Å². The molecule has 0 aliphatic carbocycles. The third kappa shape index (κ3) is 5.55. The third-order valence-electron chi connectivity index (χ3n) is 2.54. The van der Waals surface area contributed by atoms with Crippen LogP contribution >= 0.6 is 0 Å². The molecule has 0 radical (unpaired) electrons. The predicted octanol–water partition coefficient (Wildman–Crippen LogP) is 1.04. The maximum atomic E-state index is 11.4. The number of nitrogens with one attached hydrogen (secondary N) is 2. The molecule has 21 heavy (non-hydrogen) atoms. The van der Waals surface area contributed by atoms with Gasteiger partial charge in [-0.05, 0) is 19.9 Å². The molecule has 8 heteroatoms. The van der Waals surface area contributed by atoms with Gasteiger partial charge in [-0.25, -0.2) is 9.59 Å². The lowest BCUT2D eigenvalue weighted by molar-refractivity contribution is -0.142. The summed E-state index contributed by atoms with van der Waals surface area (Å²) in [6.45, 7) is 3.75. The quantitative estimate of drug-likeness (QED) is 0.647. The van der Waals surface area contributed by atoms with Gasteiger partial charge in [0.05, 0.1) is 19.6 Å². The Balaban J connectivity index is 2.31. The molecule has 0 unspecified atom stereocenters. The van der Waals surface area contributed by atoms with E-state index in [0.717, 1.165) is 0 Å². The first-order chi connectivity index (χ1) is 9.93. The highest BCUT2D eigenvalue weighted by Gasteiger charge is 2.14. The molecule has 1 rings (SSSR count). The molecule has 0 saturated carbocycles. The maximum Gasteiger partial charge on any atom is 0.339 e. The van der Waals surface area contributed by atoms with Gasteiger partial charge in [0, 0.05) is 6.54 Å². The van der Waals surface area contributed by atoms with Gasteiger partial charge in [0.25, 0.3) is 0 Å². The minimum Gasteiger partial charge on any atom is -0.478 e. The largest absolute Gasteiger partial charge is 0.478 e. The first-order valence-electron chi connectivity index (χ1n) is 6.44. The number of hydrogen-bond donors (Lipinski definition) is 3. The van der Waals surface area contributed by atoms with Crippen LogP contribution in [0.15, 0.2) is 10.5 Å². The summed E-state index contributed by atoms with van der Waals surface area (Å²) in [7, 11) is 0. The highest BCUT2D eigenvalue weighted by molar-refractivity contribution is 5.88. The third-order valence-corrected chi connectivity index (χ3v) is 2.54. The summed E-state index contributed by atoms with van der Waals surface area (Å²) in [6.07, 6.45) is 0.0876. The summed E-state index contributed by atoms with van der Waals surface area (Å²) < 4.78 is 9.91. The minimum absolute atomic E-state index is 0.0549. The topological polar surface area (TPSA) is 118 Å². The van der Waals surface area contributed by atoms with Crippen LogP contribution in [-0.2, 0) is 16.1 Å². The zero-order valence-corrected chi connectivity index (χ0v) is 11.9. The summed E-state index contributed by atoms with van der Waals surface area (Å²) in [5, 5.41) is 13.8. The molecule has 1 heterocycles. The SMILES string of the molecule is CCOC(=O)CCNC(=O)NCc1cc(C(=O)O)c(C)o1. The van der Waals surface area contributed by atoms with E-state index in [-0.39, 0.29) is 36.8 Å². The summed E-state index contributed by atoms with van der Waals surface area (Å²) in [5.74, 6) is -0.848. The van der Waals surface area contributed by atoms with Crippen molar-refractivity contribution in [2.24, 2.45) is 0 Å². The van der Waals surface area contributed by atoms with E-state index in [9.17, 15) is 14.4 Å². The maximum absolute atomic E-state index is 11.4. The van der Waals surface area contributed by atoms with Gasteiger partial charge < -0.3 is 24.9 Å². The lowest BCUT2D eigenvalue weighted by atomic mass is 10.2. The Morgan fingerprint density at radius 3 is 2.62 bits per heavy atom. The number of ether oxygens (including phenoxy) is 1. The van der Waals surface area contributed by atoms with Crippen molar-refractivity contribution in [3.05, 3.63) is 23.2 Å². The predicted molar refractivity (Wildman–Crippen MR) is 71.9 cm³/mol. The number of carbonyl (C=O) groups excluding carboxylic acids is 2. The van der Waals surface area contributed by atoms with Gasteiger partial charge in [0.15, 0.2) is 0 Å². The number of aryl methyl sites for hydroxylation is 1. The first-order valence-corrected chi connectivity index (χ1v) is 6.44. The lowest BCUT2D eigenvalue weighted by Gasteiger charge is -2.06. The number of carboxylic acid groups (broad SMARTS) is 1. The Morgan fingerprint density at radius 2 is 2.05 bits per heavy atom.